The molecular formula is C26H45NO6. The quantitative estimate of drug-likeness (QED) is 0.476. The summed E-state index contributed by atoms with van der Waals surface area (Å²) in [7, 11) is 0. The van der Waals surface area contributed by atoms with Gasteiger partial charge >= 0.3 is 5.97 Å². The van der Waals surface area contributed by atoms with Gasteiger partial charge in [0.05, 0.1) is 12.2 Å². The third kappa shape index (κ3) is 4.57. The van der Waals surface area contributed by atoms with Crippen LogP contribution < -0.4 is 5.32 Å². The number of aliphatic hydroxyl groups excluding tert-OH is 2. The fourth-order valence-electron chi connectivity index (χ4n) is 8.98. The number of aliphatic hydroxyl groups is 2. The number of hydrogen-bond donors (Lipinski definition) is 4. The van der Waals surface area contributed by atoms with Gasteiger partial charge in [-0.05, 0) is 104 Å². The molecule has 4 aliphatic rings. The number of fused-ring (bicyclic) bond motifs is 5. The van der Waals surface area contributed by atoms with Crippen LogP contribution in [0.1, 0.15) is 85.0 Å². The number of carbonyl (C=O) groups is 2. The second-order valence-corrected chi connectivity index (χ2v) is 12.1. The molecule has 0 spiro atoms. The number of hydrogen-bond acceptors (Lipinski definition) is 4. The first-order valence-corrected chi connectivity index (χ1v) is 12.9. The minimum Gasteiger partial charge on any atom is -0.480 e. The lowest BCUT2D eigenvalue weighted by Gasteiger charge is -2.62. The van der Waals surface area contributed by atoms with Crippen molar-refractivity contribution in [3.05, 3.63) is 0 Å². The molecule has 4 fully saturated rings. The van der Waals surface area contributed by atoms with E-state index in [-0.39, 0.29) is 41.0 Å². The summed E-state index contributed by atoms with van der Waals surface area (Å²) in [5, 5.41) is 33.0. The highest BCUT2D eigenvalue weighted by molar-refractivity contribution is 5.81. The molecule has 7 heteroatoms. The first-order valence-electron chi connectivity index (χ1n) is 12.9. The maximum absolute atomic E-state index is 12.0. The highest BCUT2D eigenvalue weighted by Gasteiger charge is 2.63. The molecule has 0 unspecified atom stereocenters. The number of rotatable bonds is 6. The molecule has 0 bridgehead atoms. The largest absolute Gasteiger partial charge is 0.480 e. The Morgan fingerprint density at radius 2 is 1.76 bits per heavy atom. The summed E-state index contributed by atoms with van der Waals surface area (Å²) in [6, 6.07) is 0. The average Bonchev–Trinajstić information content (AvgIpc) is 3.10. The van der Waals surface area contributed by atoms with E-state index in [1.807, 2.05) is 0 Å². The van der Waals surface area contributed by atoms with E-state index in [4.69, 9.17) is 5.11 Å². The van der Waals surface area contributed by atoms with Crippen LogP contribution in [-0.4, -0.2) is 51.4 Å². The molecule has 0 heterocycles. The first kappa shape index (κ1) is 26.4. The maximum Gasteiger partial charge on any atom is 0.322 e. The fraction of sp³-hybridized carbons (Fsp3) is 0.923. The zero-order chi connectivity index (χ0) is 23.3. The molecule has 0 aromatic rings. The zero-order valence-corrected chi connectivity index (χ0v) is 20.6. The first-order chi connectivity index (χ1) is 15.1. The van der Waals surface area contributed by atoms with Crippen LogP contribution in [0.5, 0.6) is 0 Å². The summed E-state index contributed by atoms with van der Waals surface area (Å²) >= 11 is 0. The van der Waals surface area contributed by atoms with Crippen molar-refractivity contribution in [1.82, 2.24) is 5.32 Å². The van der Waals surface area contributed by atoms with Crippen molar-refractivity contribution < 1.29 is 30.4 Å². The molecule has 10 atom stereocenters. The van der Waals surface area contributed by atoms with Crippen molar-refractivity contribution in [3.8, 4) is 0 Å². The zero-order valence-electron chi connectivity index (χ0n) is 20.6. The Bertz CT molecular complexity index is 730. The number of carboxylic acids is 1. The van der Waals surface area contributed by atoms with E-state index in [0.717, 1.165) is 44.9 Å². The standard InChI is InChI=1S/C26H43NO5.H2O/c1-15(4-9-23(30)27-14-24(31)32)19-7-8-20-18-6-5-16-12-17(28)10-11-25(16,2)21(18)13-22(29)26(19,20)3;/h15-22,28-29H,4-14H2,1-3H3,(H,27,30)(H,31,32);1H2/t15-,16-,17-,18+,19-,20+,21+,22+,25+,26-;/m1./s1. The Balaban J connectivity index is 0.00000306. The van der Waals surface area contributed by atoms with E-state index in [9.17, 15) is 19.8 Å². The number of nitrogens with one attached hydrogen (secondary N) is 1. The number of carboxylic acid groups (broad SMARTS) is 1. The van der Waals surface area contributed by atoms with Gasteiger partial charge in [0, 0.05) is 6.42 Å². The lowest BCUT2D eigenvalue weighted by Crippen LogP contribution is -2.58. The molecule has 1 amide bonds. The lowest BCUT2D eigenvalue weighted by molar-refractivity contribution is -0.175. The SMILES string of the molecule is C[C@H](CCC(=O)NCC(=O)O)[C@H]1CC[C@H]2[C@@H]3CC[C@@H]4C[C@H](O)CC[C@]4(C)[C@H]3C[C@H](O)[C@]12C.O. The van der Waals surface area contributed by atoms with Gasteiger partial charge in [0.1, 0.15) is 6.54 Å². The van der Waals surface area contributed by atoms with Gasteiger partial charge in [0.25, 0.3) is 0 Å². The van der Waals surface area contributed by atoms with Crippen LogP contribution in [0.2, 0.25) is 0 Å². The van der Waals surface area contributed by atoms with Crippen molar-refractivity contribution in [3.63, 3.8) is 0 Å². The Morgan fingerprint density at radius 1 is 1.03 bits per heavy atom. The highest BCUT2D eigenvalue weighted by atomic mass is 16.4. The number of aliphatic carboxylic acids is 1. The van der Waals surface area contributed by atoms with Crippen molar-refractivity contribution in [2.75, 3.05) is 6.54 Å². The second-order valence-electron chi connectivity index (χ2n) is 12.1. The van der Waals surface area contributed by atoms with Gasteiger partial charge in [-0.2, -0.15) is 0 Å². The van der Waals surface area contributed by atoms with E-state index >= 15 is 0 Å². The average molecular weight is 468 g/mol. The summed E-state index contributed by atoms with van der Waals surface area (Å²) in [4.78, 5) is 22.7. The molecule has 0 aromatic carbocycles. The topological polar surface area (TPSA) is 138 Å². The summed E-state index contributed by atoms with van der Waals surface area (Å²) in [6.45, 7) is 6.65. The molecule has 4 saturated carbocycles. The summed E-state index contributed by atoms with van der Waals surface area (Å²) in [6.07, 6.45) is 9.12. The van der Waals surface area contributed by atoms with Crippen LogP contribution in [0, 0.1) is 46.3 Å². The molecule has 0 saturated heterocycles. The smallest absolute Gasteiger partial charge is 0.322 e. The molecule has 4 rings (SSSR count). The molecule has 0 radical (unpaired) electrons. The Labute approximate surface area is 198 Å². The Hall–Kier alpha value is -1.18. The monoisotopic (exact) mass is 467 g/mol. The molecule has 7 nitrogen and oxygen atoms in total. The predicted octanol–water partition coefficient (Wildman–Crippen LogP) is 2.77. The molecule has 0 aliphatic heterocycles. The molecule has 190 valence electrons. The summed E-state index contributed by atoms with van der Waals surface area (Å²) in [5.74, 6) is 1.84. The molecular weight excluding hydrogens is 422 g/mol. The number of carbonyl (C=O) groups excluding carboxylic acids is 1. The normalized spacial score (nSPS) is 45.1. The molecule has 4 aliphatic carbocycles. The fourth-order valence-corrected chi connectivity index (χ4v) is 8.98. The summed E-state index contributed by atoms with van der Waals surface area (Å²) < 4.78 is 0. The van der Waals surface area contributed by atoms with Gasteiger partial charge in [0.2, 0.25) is 5.91 Å². The Kier molecular flexibility index (Phi) is 7.87. The van der Waals surface area contributed by atoms with E-state index < -0.39 is 5.97 Å². The van der Waals surface area contributed by atoms with Crippen LogP contribution in [0.4, 0.5) is 0 Å². The predicted molar refractivity (Wildman–Crippen MR) is 125 cm³/mol. The minimum absolute atomic E-state index is 0. The van der Waals surface area contributed by atoms with E-state index in [1.165, 1.54) is 12.8 Å². The second kappa shape index (κ2) is 9.82. The van der Waals surface area contributed by atoms with Gasteiger partial charge in [-0.15, -0.1) is 0 Å². The van der Waals surface area contributed by atoms with Crippen molar-refractivity contribution in [2.24, 2.45) is 46.3 Å². The van der Waals surface area contributed by atoms with Crippen LogP contribution in [-0.2, 0) is 9.59 Å². The van der Waals surface area contributed by atoms with E-state index in [1.54, 1.807) is 0 Å². The van der Waals surface area contributed by atoms with Crippen LogP contribution in [0.25, 0.3) is 0 Å². The van der Waals surface area contributed by atoms with Crippen LogP contribution in [0.15, 0.2) is 0 Å². The summed E-state index contributed by atoms with van der Waals surface area (Å²) in [5.41, 5.74) is 0.145. The lowest BCUT2D eigenvalue weighted by atomic mass is 9.43. The Morgan fingerprint density at radius 3 is 2.45 bits per heavy atom. The van der Waals surface area contributed by atoms with Crippen LogP contribution in [0.3, 0.4) is 0 Å². The van der Waals surface area contributed by atoms with Crippen LogP contribution >= 0.6 is 0 Å². The van der Waals surface area contributed by atoms with E-state index in [2.05, 4.69) is 26.1 Å². The third-order valence-corrected chi connectivity index (χ3v) is 10.8. The molecule has 6 N–H and O–H groups in total. The molecule has 0 aromatic heterocycles. The van der Waals surface area contributed by atoms with E-state index in [0.29, 0.717) is 41.9 Å². The number of amides is 1. The van der Waals surface area contributed by atoms with Crippen molar-refractivity contribution in [1.29, 1.82) is 0 Å². The van der Waals surface area contributed by atoms with Crippen molar-refractivity contribution in [2.45, 2.75) is 97.2 Å². The third-order valence-electron chi connectivity index (χ3n) is 10.8. The van der Waals surface area contributed by atoms with Gasteiger partial charge < -0.3 is 26.1 Å². The van der Waals surface area contributed by atoms with Gasteiger partial charge in [0.15, 0.2) is 0 Å². The highest BCUT2D eigenvalue weighted by Crippen LogP contribution is 2.68. The molecule has 33 heavy (non-hydrogen) atoms. The van der Waals surface area contributed by atoms with Gasteiger partial charge in [-0.1, -0.05) is 20.8 Å². The van der Waals surface area contributed by atoms with Gasteiger partial charge in [-0.25, -0.2) is 0 Å². The maximum atomic E-state index is 12.0. The van der Waals surface area contributed by atoms with Crippen molar-refractivity contribution >= 4 is 11.9 Å². The van der Waals surface area contributed by atoms with Gasteiger partial charge in [-0.3, -0.25) is 9.59 Å². The minimum atomic E-state index is -1.02.